The van der Waals surface area contributed by atoms with Crippen molar-refractivity contribution in [3.8, 4) is 5.75 Å². The molecule has 4 aromatic rings. The molecule has 2 aliphatic heterocycles. The molecule has 1 saturated carbocycles. The van der Waals surface area contributed by atoms with Crippen LogP contribution in [-0.4, -0.2) is 28.7 Å². The van der Waals surface area contributed by atoms with Gasteiger partial charge in [-0.15, -0.1) is 0 Å². The summed E-state index contributed by atoms with van der Waals surface area (Å²) in [5, 5.41) is 12.9. The summed E-state index contributed by atoms with van der Waals surface area (Å²) in [4.78, 5) is 59.6. The van der Waals surface area contributed by atoms with E-state index in [1.165, 1.54) is 17.0 Å². The Balaban J connectivity index is 1.32. The number of imide groups is 2. The normalized spacial score (nSPS) is 28.4. The van der Waals surface area contributed by atoms with Crippen LogP contribution in [0.3, 0.4) is 0 Å². The predicted octanol–water partition coefficient (Wildman–Crippen LogP) is 7.38. The minimum absolute atomic E-state index is 0.0322. The van der Waals surface area contributed by atoms with Crippen molar-refractivity contribution in [2.24, 2.45) is 29.1 Å². The second kappa shape index (κ2) is 10.7. The van der Waals surface area contributed by atoms with Gasteiger partial charge >= 0.3 is 0 Å². The first-order valence-corrected chi connectivity index (χ1v) is 16.9. The van der Waals surface area contributed by atoms with Crippen LogP contribution in [0.25, 0.3) is 10.8 Å². The number of nitrogens with zero attached hydrogens (tertiary/aromatic N) is 2. The van der Waals surface area contributed by atoms with Crippen LogP contribution in [0.5, 0.6) is 5.75 Å². The Bertz CT molecular complexity index is 2100. The maximum Gasteiger partial charge on any atom is 0.241 e. The Labute approximate surface area is 288 Å². The average Bonchev–Trinajstić information content (AvgIpc) is 3.43. The molecule has 236 valence electrons. The molecule has 47 heavy (non-hydrogen) atoms. The van der Waals surface area contributed by atoms with Crippen LogP contribution in [-0.2, 0) is 19.2 Å². The SMILES string of the molecule is CC12C(=O)N(c3ccc(F)c(Cl)c3)C(=O)C1CC1C(=CCC3C(=O)N(c4ccc(I)cc4)C(=O)C31)C2c1c(O)ccc2ccccc12. The third-order valence-corrected chi connectivity index (χ3v) is 11.8. The van der Waals surface area contributed by atoms with Crippen LogP contribution in [0.1, 0.15) is 31.2 Å². The maximum absolute atomic E-state index is 14.7. The molecule has 2 saturated heterocycles. The molecule has 2 aliphatic carbocycles. The molecule has 2 heterocycles. The van der Waals surface area contributed by atoms with Gasteiger partial charge in [0.25, 0.3) is 0 Å². The summed E-state index contributed by atoms with van der Waals surface area (Å²) < 4.78 is 15.1. The first kappa shape index (κ1) is 30.3. The number of halogens is 3. The third-order valence-electron chi connectivity index (χ3n) is 10.8. The molecular weight excluding hydrogens is 734 g/mol. The van der Waals surface area contributed by atoms with E-state index in [0.29, 0.717) is 11.3 Å². The summed E-state index contributed by atoms with van der Waals surface area (Å²) in [5.41, 5.74) is 0.524. The molecule has 1 N–H and O–H groups in total. The Morgan fingerprint density at radius 3 is 2.34 bits per heavy atom. The van der Waals surface area contributed by atoms with E-state index >= 15 is 0 Å². The zero-order chi connectivity index (χ0) is 32.9. The Morgan fingerprint density at radius 2 is 1.60 bits per heavy atom. The lowest BCUT2D eigenvalue weighted by molar-refractivity contribution is -0.131. The molecule has 0 radical (unpaired) electrons. The van der Waals surface area contributed by atoms with Gasteiger partial charge in [-0.1, -0.05) is 53.6 Å². The van der Waals surface area contributed by atoms with Crippen molar-refractivity contribution in [3.05, 3.63) is 110 Å². The number of carbonyl (C=O) groups is 4. The fourth-order valence-electron chi connectivity index (χ4n) is 8.63. The number of aromatic hydroxyl groups is 1. The highest BCUT2D eigenvalue weighted by Gasteiger charge is 2.68. The van der Waals surface area contributed by atoms with E-state index in [-0.39, 0.29) is 41.1 Å². The molecular formula is C37H27ClFIN2O5. The van der Waals surface area contributed by atoms with Gasteiger partial charge in [-0.05, 0) is 108 Å². The molecule has 6 atom stereocenters. The monoisotopic (exact) mass is 760 g/mol. The molecule has 10 heteroatoms. The summed E-state index contributed by atoms with van der Waals surface area (Å²) in [7, 11) is 0. The van der Waals surface area contributed by atoms with Gasteiger partial charge in [0.15, 0.2) is 0 Å². The van der Waals surface area contributed by atoms with E-state index in [2.05, 4.69) is 22.6 Å². The number of fused-ring (bicyclic) bond motifs is 5. The van der Waals surface area contributed by atoms with Crippen LogP contribution < -0.4 is 9.80 Å². The zero-order valence-electron chi connectivity index (χ0n) is 25.0. The summed E-state index contributed by atoms with van der Waals surface area (Å²) in [5.74, 6) is -5.94. The number of hydrogen-bond acceptors (Lipinski definition) is 5. The first-order chi connectivity index (χ1) is 22.5. The van der Waals surface area contributed by atoms with E-state index in [1.807, 2.05) is 42.5 Å². The van der Waals surface area contributed by atoms with Crippen LogP contribution >= 0.6 is 34.2 Å². The number of phenols is 1. The van der Waals surface area contributed by atoms with E-state index in [4.69, 9.17) is 11.6 Å². The fraction of sp³-hybridized carbons (Fsp3) is 0.243. The summed E-state index contributed by atoms with van der Waals surface area (Å²) in [6, 6.07) is 21.8. The lowest BCUT2D eigenvalue weighted by atomic mass is 9.51. The second-order valence-electron chi connectivity index (χ2n) is 13.0. The van der Waals surface area contributed by atoms with E-state index < -0.39 is 52.6 Å². The zero-order valence-corrected chi connectivity index (χ0v) is 27.9. The highest BCUT2D eigenvalue weighted by Crippen LogP contribution is 2.65. The van der Waals surface area contributed by atoms with Crippen molar-refractivity contribution in [1.29, 1.82) is 0 Å². The van der Waals surface area contributed by atoms with Crippen molar-refractivity contribution >= 4 is 80.0 Å². The molecule has 3 fully saturated rings. The summed E-state index contributed by atoms with van der Waals surface area (Å²) in [6.45, 7) is 1.75. The van der Waals surface area contributed by atoms with Crippen LogP contribution in [0.4, 0.5) is 15.8 Å². The van der Waals surface area contributed by atoms with E-state index in [0.717, 1.165) is 30.9 Å². The third kappa shape index (κ3) is 4.21. The second-order valence-corrected chi connectivity index (χ2v) is 14.6. The fourth-order valence-corrected chi connectivity index (χ4v) is 9.16. The number of carbonyl (C=O) groups excluding carboxylic acids is 4. The quantitative estimate of drug-likeness (QED) is 0.134. The van der Waals surface area contributed by atoms with Gasteiger partial charge in [-0.25, -0.2) is 9.29 Å². The van der Waals surface area contributed by atoms with Gasteiger partial charge in [0.1, 0.15) is 11.6 Å². The highest BCUT2D eigenvalue weighted by molar-refractivity contribution is 14.1. The Hall–Kier alpha value is -4.09. The first-order valence-electron chi connectivity index (χ1n) is 15.4. The van der Waals surface area contributed by atoms with Gasteiger partial charge in [-0.3, -0.25) is 24.1 Å². The number of phenolic OH excluding ortho intramolecular Hbond substituents is 1. The number of rotatable bonds is 3. The Morgan fingerprint density at radius 1 is 0.872 bits per heavy atom. The topological polar surface area (TPSA) is 95.0 Å². The molecule has 7 nitrogen and oxygen atoms in total. The van der Waals surface area contributed by atoms with Crippen molar-refractivity contribution in [1.82, 2.24) is 0 Å². The minimum Gasteiger partial charge on any atom is -0.508 e. The van der Waals surface area contributed by atoms with Crippen molar-refractivity contribution in [2.45, 2.75) is 25.7 Å². The molecule has 4 aliphatic rings. The van der Waals surface area contributed by atoms with Gasteiger partial charge in [0, 0.05) is 15.1 Å². The molecule has 6 unspecified atom stereocenters. The van der Waals surface area contributed by atoms with E-state index in [9.17, 15) is 28.7 Å². The van der Waals surface area contributed by atoms with E-state index in [1.54, 1.807) is 31.2 Å². The van der Waals surface area contributed by atoms with Crippen molar-refractivity contribution in [3.63, 3.8) is 0 Å². The molecule has 0 aromatic heterocycles. The lowest BCUT2D eigenvalue weighted by Gasteiger charge is -2.49. The molecule has 4 aromatic carbocycles. The predicted molar refractivity (Wildman–Crippen MR) is 183 cm³/mol. The number of benzene rings is 4. The minimum atomic E-state index is -1.38. The van der Waals surface area contributed by atoms with Crippen molar-refractivity contribution in [2.75, 3.05) is 9.80 Å². The highest BCUT2D eigenvalue weighted by atomic mass is 127. The molecule has 8 rings (SSSR count). The van der Waals surface area contributed by atoms with Gasteiger partial charge in [0.05, 0.1) is 39.6 Å². The molecule has 0 spiro atoms. The lowest BCUT2D eigenvalue weighted by Crippen LogP contribution is -2.49. The van der Waals surface area contributed by atoms with Crippen LogP contribution in [0, 0.1) is 38.5 Å². The van der Waals surface area contributed by atoms with Crippen LogP contribution in [0.2, 0.25) is 5.02 Å². The standard InChI is InChI=1S/C37H27ClFIN2O5/c1-37-26(34(45)42(36(37)47)21-11-14-28(39)27(38)16-21)17-25-23(32(37)31-22-5-3-2-4-18(22)6-15-29(31)43)12-13-24-30(25)35(46)41(33(24)44)20-9-7-19(40)8-10-20/h2-12,14-16,24-26,30,32,43H,13,17H2,1H3. The number of hydrogen-bond donors (Lipinski definition) is 1. The average molecular weight is 761 g/mol. The maximum atomic E-state index is 14.7. The molecule has 4 amide bonds. The Kier molecular flexibility index (Phi) is 6.90. The van der Waals surface area contributed by atoms with Gasteiger partial charge in [0.2, 0.25) is 23.6 Å². The number of anilines is 2. The van der Waals surface area contributed by atoms with Gasteiger partial charge < -0.3 is 5.11 Å². The van der Waals surface area contributed by atoms with Gasteiger partial charge in [-0.2, -0.15) is 0 Å². The van der Waals surface area contributed by atoms with Crippen molar-refractivity contribution < 1.29 is 28.7 Å². The molecule has 0 bridgehead atoms. The summed E-state index contributed by atoms with van der Waals surface area (Å²) in [6.07, 6.45) is 2.39. The largest absolute Gasteiger partial charge is 0.508 e. The number of amides is 4. The van der Waals surface area contributed by atoms with Crippen LogP contribution in [0.15, 0.2) is 90.5 Å². The number of allylic oxidation sites excluding steroid dienone is 2. The summed E-state index contributed by atoms with van der Waals surface area (Å²) >= 11 is 8.27. The smallest absolute Gasteiger partial charge is 0.241 e.